The highest BCUT2D eigenvalue weighted by Gasteiger charge is 2.39. The number of hydrogen-bond acceptors (Lipinski definition) is 5. The number of ether oxygens (including phenoxy) is 1. The number of pyridine rings is 1. The molecule has 2 heterocycles. The molecule has 0 saturated heterocycles. The van der Waals surface area contributed by atoms with Gasteiger partial charge in [-0.15, -0.1) is 0 Å². The quantitative estimate of drug-likeness (QED) is 0.729. The van der Waals surface area contributed by atoms with Crippen molar-refractivity contribution in [2.75, 3.05) is 12.4 Å². The Kier molecular flexibility index (Phi) is 4.30. The smallest absolute Gasteiger partial charge is 0.308 e. The van der Waals surface area contributed by atoms with E-state index in [2.05, 4.69) is 15.3 Å². The molecule has 0 aromatic carbocycles. The van der Waals surface area contributed by atoms with Crippen LogP contribution in [0.3, 0.4) is 0 Å². The van der Waals surface area contributed by atoms with E-state index < -0.39 is 5.91 Å². The molecule has 2 aliphatic rings. The molecule has 4 atom stereocenters. The summed E-state index contributed by atoms with van der Waals surface area (Å²) in [6.07, 6.45) is 8.25. The Balaban J connectivity index is 1.55. The number of aromatic nitrogens is 2. The predicted molar refractivity (Wildman–Crippen MR) is 97.6 cm³/mol. The first-order chi connectivity index (χ1) is 12.5. The topological polar surface area (TPSA) is 110 Å². The van der Waals surface area contributed by atoms with Crippen LogP contribution in [0.2, 0.25) is 0 Å². The van der Waals surface area contributed by atoms with Gasteiger partial charge in [-0.2, -0.15) is 0 Å². The van der Waals surface area contributed by atoms with Crippen molar-refractivity contribution >= 4 is 28.6 Å². The highest BCUT2D eigenvalue weighted by atomic mass is 16.5. The second kappa shape index (κ2) is 6.63. The number of primary amides is 1. The van der Waals surface area contributed by atoms with E-state index >= 15 is 0 Å². The van der Waals surface area contributed by atoms with E-state index in [0.717, 1.165) is 42.4 Å². The second-order valence-corrected chi connectivity index (χ2v) is 7.62. The number of amides is 1. The Bertz CT molecular complexity index is 832. The van der Waals surface area contributed by atoms with Crippen LogP contribution in [0, 0.1) is 17.8 Å². The number of rotatable bonds is 4. The number of carbonyl (C=O) groups is 2. The fourth-order valence-electron chi connectivity index (χ4n) is 4.88. The minimum atomic E-state index is -0.482. The third-order valence-corrected chi connectivity index (χ3v) is 5.87. The number of carbonyl (C=O) groups excluding carboxylic acids is 2. The molecule has 2 fully saturated rings. The Morgan fingerprint density at radius 2 is 1.96 bits per heavy atom. The van der Waals surface area contributed by atoms with E-state index in [9.17, 15) is 9.59 Å². The van der Waals surface area contributed by atoms with E-state index in [1.807, 2.05) is 12.3 Å². The Labute approximate surface area is 151 Å². The highest BCUT2D eigenvalue weighted by Crippen LogP contribution is 2.44. The van der Waals surface area contributed by atoms with Gasteiger partial charge in [-0.25, -0.2) is 4.98 Å². The molecule has 0 aliphatic heterocycles. The predicted octanol–water partition coefficient (Wildman–Crippen LogP) is 2.44. The largest absolute Gasteiger partial charge is 0.469 e. The third kappa shape index (κ3) is 3.02. The van der Waals surface area contributed by atoms with Crippen LogP contribution in [-0.2, 0) is 9.53 Å². The average Bonchev–Trinajstić information content (AvgIpc) is 3.09. The lowest BCUT2D eigenvalue weighted by Crippen LogP contribution is -2.39. The normalized spacial score (nSPS) is 27.9. The van der Waals surface area contributed by atoms with E-state index in [1.54, 1.807) is 0 Å². The van der Waals surface area contributed by atoms with Gasteiger partial charge >= 0.3 is 5.97 Å². The SMILES string of the molecule is COC(=O)C1C[C@H]2CC(Nc3c(C(N)=O)cnc4[nH]ccc34)C[C@@H](C1)C2. The van der Waals surface area contributed by atoms with Gasteiger partial charge in [-0.05, 0) is 50.0 Å². The van der Waals surface area contributed by atoms with Crippen molar-refractivity contribution in [3.05, 3.63) is 24.0 Å². The molecule has 26 heavy (non-hydrogen) atoms. The average molecular weight is 356 g/mol. The Hall–Kier alpha value is -2.57. The fraction of sp³-hybridized carbons (Fsp3) is 0.526. The summed E-state index contributed by atoms with van der Waals surface area (Å²) in [5.41, 5.74) is 7.47. The number of H-pyrrole nitrogens is 1. The zero-order valence-corrected chi connectivity index (χ0v) is 14.8. The highest BCUT2D eigenvalue weighted by molar-refractivity contribution is 6.05. The monoisotopic (exact) mass is 356 g/mol. The lowest BCUT2D eigenvalue weighted by atomic mass is 9.66. The number of hydrogen-bond donors (Lipinski definition) is 3. The number of nitrogens with zero attached hydrogens (tertiary/aromatic N) is 1. The second-order valence-electron chi connectivity index (χ2n) is 7.62. The summed E-state index contributed by atoms with van der Waals surface area (Å²) in [6, 6.07) is 2.17. The minimum Gasteiger partial charge on any atom is -0.469 e. The summed E-state index contributed by atoms with van der Waals surface area (Å²) in [5.74, 6) is 0.479. The maximum Gasteiger partial charge on any atom is 0.308 e. The molecule has 138 valence electrons. The summed E-state index contributed by atoms with van der Waals surface area (Å²) in [7, 11) is 1.47. The molecule has 2 bridgehead atoms. The summed E-state index contributed by atoms with van der Waals surface area (Å²) in [5, 5.41) is 4.45. The molecular formula is C19H24N4O3. The van der Waals surface area contributed by atoms with E-state index in [1.165, 1.54) is 19.7 Å². The number of fused-ring (bicyclic) bond motifs is 3. The molecule has 1 amide bonds. The van der Waals surface area contributed by atoms with Crippen LogP contribution >= 0.6 is 0 Å². The van der Waals surface area contributed by atoms with Gasteiger partial charge in [-0.3, -0.25) is 9.59 Å². The van der Waals surface area contributed by atoms with Crippen LogP contribution < -0.4 is 11.1 Å². The number of anilines is 1. The van der Waals surface area contributed by atoms with Gasteiger partial charge in [-0.1, -0.05) is 0 Å². The molecule has 2 aromatic rings. The first-order valence-corrected chi connectivity index (χ1v) is 9.15. The van der Waals surface area contributed by atoms with Crippen LogP contribution in [0.5, 0.6) is 0 Å². The van der Waals surface area contributed by atoms with E-state index in [4.69, 9.17) is 10.5 Å². The van der Waals surface area contributed by atoms with Crippen molar-refractivity contribution in [2.45, 2.75) is 38.1 Å². The lowest BCUT2D eigenvalue weighted by Gasteiger charge is -2.42. The van der Waals surface area contributed by atoms with Crippen LogP contribution in [0.25, 0.3) is 11.0 Å². The third-order valence-electron chi connectivity index (χ3n) is 5.87. The molecule has 7 heteroatoms. The number of aromatic amines is 1. The maximum absolute atomic E-state index is 11.9. The van der Waals surface area contributed by atoms with Crippen LogP contribution in [0.15, 0.2) is 18.5 Å². The molecule has 4 rings (SSSR count). The molecule has 2 unspecified atom stereocenters. The molecule has 2 aliphatic carbocycles. The molecule has 7 nitrogen and oxygen atoms in total. The van der Waals surface area contributed by atoms with Crippen LogP contribution in [-0.4, -0.2) is 35.0 Å². The number of nitrogens with one attached hydrogen (secondary N) is 2. The summed E-state index contributed by atoms with van der Waals surface area (Å²) >= 11 is 0. The van der Waals surface area contributed by atoms with E-state index in [-0.39, 0.29) is 17.9 Å². The minimum absolute atomic E-state index is 0.0307. The Morgan fingerprint density at radius 1 is 1.23 bits per heavy atom. The number of esters is 1. The van der Waals surface area contributed by atoms with Gasteiger partial charge in [0, 0.05) is 23.8 Å². The van der Waals surface area contributed by atoms with E-state index in [0.29, 0.717) is 17.4 Å². The van der Waals surface area contributed by atoms with Gasteiger partial charge < -0.3 is 20.8 Å². The van der Waals surface area contributed by atoms with Crippen molar-refractivity contribution in [3.8, 4) is 0 Å². The maximum atomic E-state index is 11.9. The fourth-order valence-corrected chi connectivity index (χ4v) is 4.88. The van der Waals surface area contributed by atoms with Crippen molar-refractivity contribution in [2.24, 2.45) is 23.5 Å². The summed E-state index contributed by atoms with van der Waals surface area (Å²) in [6.45, 7) is 0. The molecule has 0 spiro atoms. The van der Waals surface area contributed by atoms with Crippen LogP contribution in [0.1, 0.15) is 42.5 Å². The Morgan fingerprint density at radius 3 is 2.62 bits per heavy atom. The van der Waals surface area contributed by atoms with Gasteiger partial charge in [0.25, 0.3) is 5.91 Å². The lowest BCUT2D eigenvalue weighted by molar-refractivity contribution is -0.148. The van der Waals surface area contributed by atoms with Crippen molar-refractivity contribution < 1.29 is 14.3 Å². The number of methoxy groups -OCH3 is 1. The van der Waals surface area contributed by atoms with Gasteiger partial charge in [0.15, 0.2) is 0 Å². The first-order valence-electron chi connectivity index (χ1n) is 9.15. The van der Waals surface area contributed by atoms with Crippen molar-refractivity contribution in [3.63, 3.8) is 0 Å². The van der Waals surface area contributed by atoms with Crippen LogP contribution in [0.4, 0.5) is 5.69 Å². The molecular weight excluding hydrogens is 332 g/mol. The zero-order valence-electron chi connectivity index (χ0n) is 14.8. The molecule has 0 radical (unpaired) electrons. The standard InChI is InChI=1S/C19H24N4O3/c1-26-19(25)12-5-10-4-11(6-12)8-13(7-10)23-16-14-2-3-21-18(14)22-9-15(16)17(20)24/h2-3,9-13H,4-8H2,1H3,(H2,20,24)(H2,21,22,23)/t10-,11+,12?,13?. The molecule has 2 aromatic heterocycles. The molecule has 4 N–H and O–H groups in total. The zero-order chi connectivity index (χ0) is 18.3. The van der Waals surface area contributed by atoms with Gasteiger partial charge in [0.1, 0.15) is 5.65 Å². The van der Waals surface area contributed by atoms with Gasteiger partial charge in [0.05, 0.1) is 24.3 Å². The summed E-state index contributed by atoms with van der Waals surface area (Å²) in [4.78, 5) is 31.1. The summed E-state index contributed by atoms with van der Waals surface area (Å²) < 4.78 is 4.94. The molecule has 2 saturated carbocycles. The van der Waals surface area contributed by atoms with Crippen molar-refractivity contribution in [1.29, 1.82) is 0 Å². The van der Waals surface area contributed by atoms with Gasteiger partial charge in [0.2, 0.25) is 0 Å². The first kappa shape index (κ1) is 16.9. The number of nitrogens with two attached hydrogens (primary N) is 1. The van der Waals surface area contributed by atoms with Crippen molar-refractivity contribution in [1.82, 2.24) is 9.97 Å².